The summed E-state index contributed by atoms with van der Waals surface area (Å²) in [4.78, 5) is 13.8. The molecule has 3 rings (SSSR count). The van der Waals surface area contributed by atoms with Gasteiger partial charge in [0, 0.05) is 22.9 Å². The van der Waals surface area contributed by atoms with Crippen LogP contribution < -0.4 is 5.32 Å². The van der Waals surface area contributed by atoms with Crippen LogP contribution in [0, 0.1) is 5.41 Å². The van der Waals surface area contributed by atoms with E-state index in [9.17, 15) is 4.79 Å². The summed E-state index contributed by atoms with van der Waals surface area (Å²) in [5.74, 6) is 1.44. The molecule has 2 aromatic rings. The third-order valence-corrected chi connectivity index (χ3v) is 6.16. The Bertz CT molecular complexity index is 771. The summed E-state index contributed by atoms with van der Waals surface area (Å²) >= 11 is 3.24. The van der Waals surface area contributed by atoms with Gasteiger partial charge in [-0.3, -0.25) is 4.79 Å². The van der Waals surface area contributed by atoms with Crippen LogP contribution in [0.4, 0.5) is 0 Å². The van der Waals surface area contributed by atoms with Crippen LogP contribution in [0.1, 0.15) is 70.6 Å². The van der Waals surface area contributed by atoms with Gasteiger partial charge in [-0.05, 0) is 50.0 Å². The third-order valence-electron chi connectivity index (χ3n) is 4.34. The molecule has 1 saturated carbocycles. The Kier molecular flexibility index (Phi) is 6.01. The zero-order valence-electron chi connectivity index (χ0n) is 16.9. The lowest BCUT2D eigenvalue weighted by atomic mass is 9.82. The number of rotatable bonds is 8. The van der Waals surface area contributed by atoms with Gasteiger partial charge in [-0.2, -0.15) is 0 Å². The molecule has 5 nitrogen and oxygen atoms in total. The topological polar surface area (TPSA) is 59.8 Å². The first-order valence-corrected chi connectivity index (χ1v) is 11.4. The molecule has 0 spiro atoms. The summed E-state index contributed by atoms with van der Waals surface area (Å²) < 4.78 is 2.25. The van der Waals surface area contributed by atoms with Crippen molar-refractivity contribution >= 4 is 29.0 Å². The van der Waals surface area contributed by atoms with Gasteiger partial charge in [-0.1, -0.05) is 38.6 Å². The van der Waals surface area contributed by atoms with Crippen LogP contribution in [0.2, 0.25) is 0 Å². The first-order valence-electron chi connectivity index (χ1n) is 9.53. The Morgan fingerprint density at radius 2 is 2.04 bits per heavy atom. The van der Waals surface area contributed by atoms with Gasteiger partial charge in [0.1, 0.15) is 5.82 Å². The van der Waals surface area contributed by atoms with E-state index in [1.807, 2.05) is 0 Å². The molecule has 1 fully saturated rings. The lowest BCUT2D eigenvalue weighted by Gasteiger charge is -2.33. The van der Waals surface area contributed by atoms with Crippen molar-refractivity contribution in [2.45, 2.75) is 77.0 Å². The highest BCUT2D eigenvalue weighted by molar-refractivity contribution is 7.99. The molecule has 2 heterocycles. The summed E-state index contributed by atoms with van der Waals surface area (Å²) in [6.45, 7) is 10.8. The quantitative estimate of drug-likeness (QED) is 0.646. The minimum atomic E-state index is -0.218. The number of hydrogen-bond donors (Lipinski definition) is 1. The van der Waals surface area contributed by atoms with Crippen molar-refractivity contribution in [1.82, 2.24) is 20.1 Å². The van der Waals surface area contributed by atoms with Crippen molar-refractivity contribution in [3.8, 4) is 0 Å². The predicted octanol–water partition coefficient (Wildman–Crippen LogP) is 4.69. The van der Waals surface area contributed by atoms with Crippen LogP contribution in [0.5, 0.6) is 0 Å². The molecule has 7 heteroatoms. The molecule has 1 amide bonds. The Hall–Kier alpha value is -1.34. The van der Waals surface area contributed by atoms with Crippen LogP contribution >= 0.6 is 23.1 Å². The average molecular weight is 407 g/mol. The summed E-state index contributed by atoms with van der Waals surface area (Å²) in [6, 6.07) is 4.70. The monoisotopic (exact) mass is 406 g/mol. The number of nitrogens with one attached hydrogen (secondary N) is 1. The second kappa shape index (κ2) is 7.95. The largest absolute Gasteiger partial charge is 0.350 e. The fraction of sp³-hybridized carbons (Fsp3) is 0.650. The third kappa shape index (κ3) is 6.07. The summed E-state index contributed by atoms with van der Waals surface area (Å²) in [6.07, 6.45) is 4.09. The van der Waals surface area contributed by atoms with Crippen LogP contribution in [-0.4, -0.2) is 32.0 Å². The number of carbonyl (C=O) groups is 1. The standard InChI is InChI=1S/C20H30N4OS2/c1-19(2,3)13-20(4,5)21-17(25)12-27-18-23-22-16(24(18)14-8-9-14)11-15-7-6-10-26-15/h6-7,10,14H,8-9,11-13H2,1-5H3,(H,21,25). The molecule has 0 aromatic carbocycles. The van der Waals surface area contributed by atoms with Gasteiger partial charge in [0.25, 0.3) is 0 Å². The van der Waals surface area contributed by atoms with Gasteiger partial charge in [0.05, 0.1) is 5.75 Å². The Labute approximate surface area is 170 Å². The van der Waals surface area contributed by atoms with Crippen molar-refractivity contribution in [2.75, 3.05) is 5.75 Å². The molecule has 27 heavy (non-hydrogen) atoms. The first kappa shape index (κ1) is 20.4. The number of thioether (sulfide) groups is 1. The van der Waals surface area contributed by atoms with Gasteiger partial charge < -0.3 is 9.88 Å². The smallest absolute Gasteiger partial charge is 0.230 e. The van der Waals surface area contributed by atoms with Crippen LogP contribution in [-0.2, 0) is 11.2 Å². The van der Waals surface area contributed by atoms with Crippen molar-refractivity contribution < 1.29 is 4.79 Å². The van der Waals surface area contributed by atoms with Gasteiger partial charge >= 0.3 is 0 Å². The summed E-state index contributed by atoms with van der Waals surface area (Å²) in [5, 5.41) is 14.9. The number of carbonyl (C=O) groups excluding carboxylic acids is 1. The normalized spacial score (nSPS) is 15.1. The predicted molar refractivity (Wildman–Crippen MR) is 112 cm³/mol. The lowest BCUT2D eigenvalue weighted by Crippen LogP contribution is -2.46. The molecular formula is C20H30N4OS2. The van der Waals surface area contributed by atoms with E-state index in [0.29, 0.717) is 11.8 Å². The van der Waals surface area contributed by atoms with Crippen LogP contribution in [0.3, 0.4) is 0 Å². The average Bonchev–Trinajstić information content (AvgIpc) is 3.07. The minimum absolute atomic E-state index is 0.0550. The zero-order chi connectivity index (χ0) is 19.7. The fourth-order valence-corrected chi connectivity index (χ4v) is 5.23. The highest BCUT2D eigenvalue weighted by Crippen LogP contribution is 2.39. The second-order valence-electron chi connectivity index (χ2n) is 9.21. The Balaban J connectivity index is 1.61. The number of amides is 1. The van der Waals surface area contributed by atoms with Crippen LogP contribution in [0.15, 0.2) is 22.7 Å². The SMILES string of the molecule is CC(C)(C)CC(C)(C)NC(=O)CSc1nnc(Cc2cccs2)n1C1CC1. The van der Waals surface area contributed by atoms with Gasteiger partial charge in [-0.15, -0.1) is 21.5 Å². The maximum atomic E-state index is 12.5. The van der Waals surface area contributed by atoms with E-state index >= 15 is 0 Å². The molecule has 0 unspecified atom stereocenters. The fourth-order valence-electron chi connectivity index (χ4n) is 3.71. The lowest BCUT2D eigenvalue weighted by molar-refractivity contribution is -0.120. The van der Waals surface area contributed by atoms with Gasteiger partial charge in [-0.25, -0.2) is 0 Å². The zero-order valence-corrected chi connectivity index (χ0v) is 18.5. The highest BCUT2D eigenvalue weighted by atomic mass is 32.2. The molecule has 0 bridgehead atoms. The minimum Gasteiger partial charge on any atom is -0.350 e. The number of thiophene rings is 1. The molecule has 1 aliphatic rings. The molecule has 0 aliphatic heterocycles. The van der Waals surface area contributed by atoms with Gasteiger partial charge in [0.2, 0.25) is 5.91 Å². The number of nitrogens with zero attached hydrogens (tertiary/aromatic N) is 3. The number of aromatic nitrogens is 3. The Morgan fingerprint density at radius 3 is 2.63 bits per heavy atom. The first-order chi connectivity index (χ1) is 12.6. The maximum absolute atomic E-state index is 12.5. The van der Waals surface area contributed by atoms with Crippen molar-refractivity contribution in [3.05, 3.63) is 28.2 Å². The van der Waals surface area contributed by atoms with E-state index in [-0.39, 0.29) is 16.9 Å². The highest BCUT2D eigenvalue weighted by Gasteiger charge is 2.31. The van der Waals surface area contributed by atoms with Crippen LogP contribution in [0.25, 0.3) is 0 Å². The number of hydrogen-bond acceptors (Lipinski definition) is 5. The van der Waals surface area contributed by atoms with E-state index < -0.39 is 0 Å². The Morgan fingerprint density at radius 1 is 1.30 bits per heavy atom. The molecule has 1 N–H and O–H groups in total. The maximum Gasteiger partial charge on any atom is 0.230 e. The van der Waals surface area contributed by atoms with Crippen molar-refractivity contribution in [2.24, 2.45) is 5.41 Å². The van der Waals surface area contributed by atoms with E-state index in [1.165, 1.54) is 29.5 Å². The summed E-state index contributed by atoms with van der Waals surface area (Å²) in [5.41, 5.74) is -0.0445. The van der Waals surface area contributed by atoms with Gasteiger partial charge in [0.15, 0.2) is 5.16 Å². The van der Waals surface area contributed by atoms with E-state index in [4.69, 9.17) is 0 Å². The molecule has 2 aromatic heterocycles. The molecular weight excluding hydrogens is 376 g/mol. The molecule has 0 saturated heterocycles. The molecule has 148 valence electrons. The van der Waals surface area contributed by atoms with Crippen molar-refractivity contribution in [3.63, 3.8) is 0 Å². The van der Waals surface area contributed by atoms with E-state index in [2.05, 4.69) is 72.2 Å². The summed E-state index contributed by atoms with van der Waals surface area (Å²) in [7, 11) is 0. The van der Waals surface area contributed by atoms with Crippen molar-refractivity contribution in [1.29, 1.82) is 0 Å². The second-order valence-corrected chi connectivity index (χ2v) is 11.2. The molecule has 0 atom stereocenters. The van der Waals surface area contributed by atoms with E-state index in [1.54, 1.807) is 11.3 Å². The molecule has 0 radical (unpaired) electrons. The molecule has 1 aliphatic carbocycles. The van der Waals surface area contributed by atoms with E-state index in [0.717, 1.165) is 23.8 Å².